The first-order chi connectivity index (χ1) is 10.4. The van der Waals surface area contributed by atoms with Crippen LogP contribution < -0.4 is 10.6 Å². The summed E-state index contributed by atoms with van der Waals surface area (Å²) in [6, 6.07) is 6.38. The van der Waals surface area contributed by atoms with Gasteiger partial charge in [0.1, 0.15) is 5.38 Å². The molecular weight excluding hydrogens is 308 g/mol. The molecule has 120 valence electrons. The van der Waals surface area contributed by atoms with E-state index in [1.807, 2.05) is 0 Å². The van der Waals surface area contributed by atoms with Crippen molar-refractivity contribution in [3.8, 4) is 0 Å². The van der Waals surface area contributed by atoms with E-state index >= 15 is 0 Å². The van der Waals surface area contributed by atoms with Gasteiger partial charge in [0.25, 0.3) is 0 Å². The summed E-state index contributed by atoms with van der Waals surface area (Å²) in [7, 11) is 0. The monoisotopic (exact) mass is 326 g/mol. The molecule has 0 aliphatic heterocycles. The lowest BCUT2D eigenvalue weighted by atomic mass is 10.2. The van der Waals surface area contributed by atoms with Gasteiger partial charge in [-0.1, -0.05) is 0 Å². The van der Waals surface area contributed by atoms with Crippen LogP contribution in [0.25, 0.3) is 0 Å². The number of amides is 2. The highest BCUT2D eigenvalue weighted by molar-refractivity contribution is 6.30. The highest BCUT2D eigenvalue weighted by Crippen LogP contribution is 2.10. The second kappa shape index (κ2) is 9.04. The van der Waals surface area contributed by atoms with Crippen LogP contribution in [-0.2, 0) is 14.3 Å². The second-order valence-corrected chi connectivity index (χ2v) is 5.16. The molecule has 6 nitrogen and oxygen atoms in total. The van der Waals surface area contributed by atoms with Crippen LogP contribution in [0.1, 0.15) is 30.6 Å². The molecule has 0 bridgehead atoms. The van der Waals surface area contributed by atoms with Gasteiger partial charge in [0, 0.05) is 18.7 Å². The van der Waals surface area contributed by atoms with E-state index < -0.39 is 11.3 Å². The molecule has 0 saturated heterocycles. The molecule has 0 aliphatic carbocycles. The predicted octanol–water partition coefficient (Wildman–Crippen LogP) is 1.94. The van der Waals surface area contributed by atoms with E-state index in [1.165, 1.54) is 0 Å². The molecule has 0 aromatic heterocycles. The van der Waals surface area contributed by atoms with Crippen LogP contribution in [0.2, 0.25) is 0 Å². The van der Waals surface area contributed by atoms with Crippen molar-refractivity contribution in [2.24, 2.45) is 0 Å². The molecule has 0 heterocycles. The van der Waals surface area contributed by atoms with E-state index in [1.54, 1.807) is 38.1 Å². The first kappa shape index (κ1) is 18.0. The summed E-state index contributed by atoms with van der Waals surface area (Å²) in [4.78, 5) is 34.4. The largest absolute Gasteiger partial charge is 0.462 e. The van der Waals surface area contributed by atoms with E-state index in [4.69, 9.17) is 16.3 Å². The Kier molecular flexibility index (Phi) is 7.39. The van der Waals surface area contributed by atoms with Crippen LogP contribution in [0.5, 0.6) is 0 Å². The maximum atomic E-state index is 11.7. The number of hydrogen-bond donors (Lipinski definition) is 2. The fourth-order valence-corrected chi connectivity index (χ4v) is 1.64. The van der Waals surface area contributed by atoms with Gasteiger partial charge in [-0.05, 0) is 38.1 Å². The van der Waals surface area contributed by atoms with Crippen LogP contribution in [0, 0.1) is 0 Å². The van der Waals surface area contributed by atoms with Crippen molar-refractivity contribution < 1.29 is 19.1 Å². The van der Waals surface area contributed by atoms with Gasteiger partial charge < -0.3 is 15.4 Å². The third kappa shape index (κ3) is 6.13. The molecule has 1 aromatic rings. The SMILES string of the molecule is CCOC(=O)c1ccc(NC(=O)CCNC(=O)[C@@H](C)Cl)cc1. The van der Waals surface area contributed by atoms with Crippen molar-refractivity contribution in [2.75, 3.05) is 18.5 Å². The Labute approximate surface area is 134 Å². The van der Waals surface area contributed by atoms with Crippen molar-refractivity contribution in [2.45, 2.75) is 25.6 Å². The molecule has 1 rings (SSSR count). The molecule has 0 fully saturated rings. The Bertz CT molecular complexity index is 529. The Morgan fingerprint density at radius 2 is 1.86 bits per heavy atom. The first-order valence-electron chi connectivity index (χ1n) is 6.92. The Hall–Kier alpha value is -2.08. The zero-order valence-electron chi connectivity index (χ0n) is 12.5. The molecule has 1 atom stereocenters. The minimum atomic E-state index is -0.626. The van der Waals surface area contributed by atoms with Crippen LogP contribution in [-0.4, -0.2) is 36.3 Å². The molecular formula is C15H19ClN2O4. The lowest BCUT2D eigenvalue weighted by Crippen LogP contribution is -2.32. The van der Waals surface area contributed by atoms with E-state index in [9.17, 15) is 14.4 Å². The molecule has 7 heteroatoms. The number of ether oxygens (including phenoxy) is 1. The minimum Gasteiger partial charge on any atom is -0.462 e. The summed E-state index contributed by atoms with van der Waals surface area (Å²) in [5.74, 6) is -0.960. The molecule has 2 N–H and O–H groups in total. The number of carbonyl (C=O) groups is 3. The molecule has 0 spiro atoms. The van der Waals surface area contributed by atoms with E-state index in [2.05, 4.69) is 10.6 Å². The summed E-state index contributed by atoms with van der Waals surface area (Å²) in [6.07, 6.45) is 0.134. The van der Waals surface area contributed by atoms with Crippen molar-refractivity contribution in [1.29, 1.82) is 0 Å². The van der Waals surface area contributed by atoms with Crippen LogP contribution in [0.4, 0.5) is 5.69 Å². The molecule has 1 aromatic carbocycles. The number of benzene rings is 1. The Morgan fingerprint density at radius 3 is 2.41 bits per heavy atom. The third-order valence-electron chi connectivity index (χ3n) is 2.69. The molecule has 0 radical (unpaired) electrons. The third-order valence-corrected chi connectivity index (χ3v) is 2.89. The summed E-state index contributed by atoms with van der Waals surface area (Å²) in [5, 5.41) is 4.59. The summed E-state index contributed by atoms with van der Waals surface area (Å²) in [5.41, 5.74) is 0.985. The Morgan fingerprint density at radius 1 is 1.23 bits per heavy atom. The average Bonchev–Trinajstić information content (AvgIpc) is 2.48. The number of alkyl halides is 1. The topological polar surface area (TPSA) is 84.5 Å². The first-order valence-corrected chi connectivity index (χ1v) is 7.36. The second-order valence-electron chi connectivity index (χ2n) is 4.50. The molecule has 0 aliphatic rings. The van der Waals surface area contributed by atoms with Gasteiger partial charge in [-0.15, -0.1) is 11.6 Å². The number of hydrogen-bond acceptors (Lipinski definition) is 4. The van der Waals surface area contributed by atoms with Crippen molar-refractivity contribution in [3.05, 3.63) is 29.8 Å². The minimum absolute atomic E-state index is 0.134. The number of nitrogens with one attached hydrogen (secondary N) is 2. The molecule has 22 heavy (non-hydrogen) atoms. The number of esters is 1. The fraction of sp³-hybridized carbons (Fsp3) is 0.400. The van der Waals surface area contributed by atoms with Crippen LogP contribution >= 0.6 is 11.6 Å². The maximum absolute atomic E-state index is 11.7. The van der Waals surface area contributed by atoms with Crippen molar-refractivity contribution in [3.63, 3.8) is 0 Å². The predicted molar refractivity (Wildman–Crippen MR) is 84.0 cm³/mol. The van der Waals surface area contributed by atoms with Gasteiger partial charge >= 0.3 is 5.97 Å². The lowest BCUT2D eigenvalue weighted by molar-refractivity contribution is -0.120. The summed E-state index contributed by atoms with van der Waals surface area (Å²) >= 11 is 5.59. The highest BCUT2D eigenvalue weighted by atomic mass is 35.5. The van der Waals surface area contributed by atoms with Crippen LogP contribution in [0.3, 0.4) is 0 Å². The molecule has 0 unspecified atom stereocenters. The fourth-order valence-electron chi connectivity index (χ4n) is 1.57. The van der Waals surface area contributed by atoms with Gasteiger partial charge in [-0.3, -0.25) is 9.59 Å². The lowest BCUT2D eigenvalue weighted by Gasteiger charge is -2.08. The van der Waals surface area contributed by atoms with Gasteiger partial charge in [0.15, 0.2) is 0 Å². The van der Waals surface area contributed by atoms with Gasteiger partial charge in [0.05, 0.1) is 12.2 Å². The molecule has 2 amide bonds. The van der Waals surface area contributed by atoms with Crippen LogP contribution in [0.15, 0.2) is 24.3 Å². The van der Waals surface area contributed by atoms with Gasteiger partial charge in [-0.2, -0.15) is 0 Å². The van der Waals surface area contributed by atoms with Gasteiger partial charge in [-0.25, -0.2) is 4.79 Å². The van der Waals surface area contributed by atoms with E-state index in [0.717, 1.165) is 0 Å². The van der Waals surface area contributed by atoms with Crippen molar-refractivity contribution in [1.82, 2.24) is 5.32 Å². The van der Waals surface area contributed by atoms with E-state index in [-0.39, 0.29) is 24.8 Å². The number of carbonyl (C=O) groups excluding carboxylic acids is 3. The molecule has 0 saturated carbocycles. The zero-order chi connectivity index (χ0) is 16.5. The zero-order valence-corrected chi connectivity index (χ0v) is 13.3. The maximum Gasteiger partial charge on any atom is 0.338 e. The van der Waals surface area contributed by atoms with E-state index in [0.29, 0.717) is 17.9 Å². The standard InChI is InChI=1S/C15H19ClN2O4/c1-3-22-15(21)11-4-6-12(7-5-11)18-13(19)8-9-17-14(20)10(2)16/h4-7,10H,3,8-9H2,1-2H3,(H,17,20)(H,18,19)/t10-/m1/s1. The number of rotatable bonds is 7. The summed E-state index contributed by atoms with van der Waals surface area (Å²) in [6.45, 7) is 3.81. The van der Waals surface area contributed by atoms with Crippen molar-refractivity contribution >= 4 is 35.1 Å². The Balaban J connectivity index is 2.41. The highest BCUT2D eigenvalue weighted by Gasteiger charge is 2.10. The van der Waals surface area contributed by atoms with Gasteiger partial charge in [0.2, 0.25) is 11.8 Å². The average molecular weight is 327 g/mol. The number of halogens is 1. The normalized spacial score (nSPS) is 11.4. The number of anilines is 1. The quantitative estimate of drug-likeness (QED) is 0.592. The smallest absolute Gasteiger partial charge is 0.338 e. The summed E-state index contributed by atoms with van der Waals surface area (Å²) < 4.78 is 4.87.